The van der Waals surface area contributed by atoms with Gasteiger partial charge in [-0.25, -0.2) is 0 Å². The van der Waals surface area contributed by atoms with Crippen molar-refractivity contribution in [3.63, 3.8) is 0 Å². The van der Waals surface area contributed by atoms with E-state index in [1.807, 2.05) is 0 Å². The number of aldehydes is 1. The van der Waals surface area contributed by atoms with Crippen molar-refractivity contribution in [3.05, 3.63) is 33.2 Å². The first-order chi connectivity index (χ1) is 5.74. The lowest BCUT2D eigenvalue weighted by atomic mass is 10.4. The Morgan fingerprint density at radius 3 is 2.75 bits per heavy atom. The summed E-state index contributed by atoms with van der Waals surface area (Å²) in [6.07, 6.45) is 3.46. The van der Waals surface area contributed by atoms with E-state index in [0.717, 1.165) is 11.3 Å². The minimum atomic E-state index is -0.455. The van der Waals surface area contributed by atoms with Gasteiger partial charge in [0.05, 0.1) is 4.92 Å². The second kappa shape index (κ2) is 3.77. The Kier molecular flexibility index (Phi) is 2.71. The summed E-state index contributed by atoms with van der Waals surface area (Å²) >= 11 is 1.04. The first-order valence-corrected chi connectivity index (χ1v) is 3.92. The quantitative estimate of drug-likeness (QED) is 0.311. The maximum atomic E-state index is 10.2. The molecule has 0 aliphatic heterocycles. The largest absolute Gasteiger partial charge is 0.324 e. The fourth-order valence-corrected chi connectivity index (χ4v) is 1.40. The van der Waals surface area contributed by atoms with Crippen LogP contribution in [-0.4, -0.2) is 11.2 Å². The Morgan fingerprint density at radius 2 is 2.25 bits per heavy atom. The molecule has 1 heterocycles. The molecule has 0 saturated heterocycles. The number of allylic oxidation sites excluding steroid dienone is 1. The van der Waals surface area contributed by atoms with Crippen LogP contribution < -0.4 is 0 Å². The van der Waals surface area contributed by atoms with Gasteiger partial charge in [0.2, 0.25) is 0 Å². The van der Waals surface area contributed by atoms with E-state index in [-0.39, 0.29) is 5.00 Å². The molecule has 0 aliphatic rings. The predicted octanol–water partition coefficient (Wildman–Crippen LogP) is 1.87. The van der Waals surface area contributed by atoms with Crippen LogP contribution in [0.3, 0.4) is 0 Å². The van der Waals surface area contributed by atoms with Gasteiger partial charge in [-0.2, -0.15) is 0 Å². The standard InChI is InChI=1S/C7H5NO3S/c9-5-1-2-6-3-4-7(12-6)8(10)11/h1-5H/b2-1+. The lowest BCUT2D eigenvalue weighted by molar-refractivity contribution is -0.380. The van der Waals surface area contributed by atoms with Crippen molar-refractivity contribution in [2.24, 2.45) is 0 Å². The fraction of sp³-hybridized carbons (Fsp3) is 0. The number of nitrogens with zero attached hydrogens (tertiary/aromatic N) is 1. The molecule has 1 aromatic heterocycles. The molecule has 1 aromatic rings. The molecule has 0 aliphatic carbocycles. The topological polar surface area (TPSA) is 60.2 Å². The smallest absolute Gasteiger partial charge is 0.299 e. The van der Waals surface area contributed by atoms with Gasteiger partial charge in [-0.05, 0) is 18.2 Å². The van der Waals surface area contributed by atoms with E-state index in [9.17, 15) is 14.9 Å². The predicted molar refractivity (Wildman–Crippen MR) is 46.1 cm³/mol. The molecule has 0 amide bonds. The summed E-state index contributed by atoms with van der Waals surface area (Å²) in [5.41, 5.74) is 0. The maximum Gasteiger partial charge on any atom is 0.324 e. The van der Waals surface area contributed by atoms with Crippen molar-refractivity contribution >= 4 is 28.7 Å². The number of hydrogen-bond donors (Lipinski definition) is 0. The van der Waals surface area contributed by atoms with Crippen molar-refractivity contribution in [2.45, 2.75) is 0 Å². The van der Waals surface area contributed by atoms with Gasteiger partial charge in [0.25, 0.3) is 0 Å². The molecule has 62 valence electrons. The first kappa shape index (κ1) is 8.61. The first-order valence-electron chi connectivity index (χ1n) is 3.10. The summed E-state index contributed by atoms with van der Waals surface area (Å²) in [6.45, 7) is 0. The van der Waals surface area contributed by atoms with E-state index in [0.29, 0.717) is 11.2 Å². The second-order valence-corrected chi connectivity index (χ2v) is 3.02. The highest BCUT2D eigenvalue weighted by atomic mass is 32.1. The van der Waals surface area contributed by atoms with Crippen molar-refractivity contribution in [1.82, 2.24) is 0 Å². The van der Waals surface area contributed by atoms with Crippen molar-refractivity contribution in [2.75, 3.05) is 0 Å². The molecule has 0 unspecified atom stereocenters. The van der Waals surface area contributed by atoms with E-state index < -0.39 is 4.92 Å². The normalized spacial score (nSPS) is 10.3. The Labute approximate surface area is 72.3 Å². The summed E-state index contributed by atoms with van der Waals surface area (Å²) in [7, 11) is 0. The van der Waals surface area contributed by atoms with E-state index in [1.165, 1.54) is 18.2 Å². The minimum absolute atomic E-state index is 0.0838. The molecule has 0 bridgehead atoms. The average Bonchev–Trinajstić information content (AvgIpc) is 2.48. The third kappa shape index (κ3) is 2.00. The van der Waals surface area contributed by atoms with Crippen molar-refractivity contribution < 1.29 is 9.72 Å². The molecule has 12 heavy (non-hydrogen) atoms. The maximum absolute atomic E-state index is 10.2. The van der Waals surface area contributed by atoms with Crippen LogP contribution in [0, 0.1) is 10.1 Å². The van der Waals surface area contributed by atoms with Crippen LogP contribution in [0.5, 0.6) is 0 Å². The lowest BCUT2D eigenvalue weighted by Crippen LogP contribution is -1.80. The minimum Gasteiger partial charge on any atom is -0.299 e. The molecular formula is C7H5NO3S. The zero-order valence-corrected chi connectivity index (χ0v) is 6.78. The third-order valence-corrected chi connectivity index (χ3v) is 2.13. The number of thiophene rings is 1. The molecule has 0 atom stereocenters. The van der Waals surface area contributed by atoms with Crippen LogP contribution >= 0.6 is 11.3 Å². The summed E-state index contributed by atoms with van der Waals surface area (Å²) in [5.74, 6) is 0. The fourth-order valence-electron chi connectivity index (χ4n) is 0.664. The molecule has 0 aromatic carbocycles. The Balaban J connectivity index is 2.84. The molecule has 0 spiro atoms. The highest BCUT2D eigenvalue weighted by molar-refractivity contribution is 7.16. The van der Waals surface area contributed by atoms with Crippen molar-refractivity contribution in [1.29, 1.82) is 0 Å². The SMILES string of the molecule is O=C/C=C/c1ccc([N+](=O)[O-])s1. The summed E-state index contributed by atoms with van der Waals surface area (Å²) in [5, 5.41) is 10.3. The highest BCUT2D eigenvalue weighted by Gasteiger charge is 2.06. The third-order valence-electron chi connectivity index (χ3n) is 1.13. The van der Waals surface area contributed by atoms with Gasteiger partial charge in [-0.3, -0.25) is 14.9 Å². The molecule has 0 N–H and O–H groups in total. The highest BCUT2D eigenvalue weighted by Crippen LogP contribution is 2.24. The summed E-state index contributed by atoms with van der Waals surface area (Å²) in [4.78, 5) is 20.4. The molecule has 0 saturated carbocycles. The van der Waals surface area contributed by atoms with E-state index in [2.05, 4.69) is 0 Å². The van der Waals surface area contributed by atoms with E-state index >= 15 is 0 Å². The van der Waals surface area contributed by atoms with Gasteiger partial charge >= 0.3 is 5.00 Å². The van der Waals surface area contributed by atoms with Gasteiger partial charge in [0.15, 0.2) is 0 Å². The monoisotopic (exact) mass is 183 g/mol. The number of rotatable bonds is 3. The van der Waals surface area contributed by atoms with Crippen LogP contribution in [-0.2, 0) is 4.79 Å². The molecule has 0 fully saturated rings. The van der Waals surface area contributed by atoms with Crippen LogP contribution in [0.2, 0.25) is 0 Å². The molecule has 5 heteroatoms. The van der Waals surface area contributed by atoms with Crippen LogP contribution in [0.1, 0.15) is 4.88 Å². The molecular weight excluding hydrogens is 178 g/mol. The Morgan fingerprint density at radius 1 is 1.50 bits per heavy atom. The van der Waals surface area contributed by atoms with Crippen LogP contribution in [0.15, 0.2) is 18.2 Å². The number of nitro groups is 1. The second-order valence-electron chi connectivity index (χ2n) is 1.93. The van der Waals surface area contributed by atoms with Gasteiger partial charge in [-0.1, -0.05) is 11.3 Å². The summed E-state index contributed by atoms with van der Waals surface area (Å²) < 4.78 is 0. The molecule has 4 nitrogen and oxygen atoms in total. The van der Waals surface area contributed by atoms with Gasteiger partial charge in [-0.15, -0.1) is 0 Å². The van der Waals surface area contributed by atoms with Gasteiger partial charge < -0.3 is 0 Å². The zero-order valence-electron chi connectivity index (χ0n) is 5.97. The van der Waals surface area contributed by atoms with Crippen LogP contribution in [0.25, 0.3) is 6.08 Å². The van der Waals surface area contributed by atoms with E-state index in [1.54, 1.807) is 6.07 Å². The van der Waals surface area contributed by atoms with Gasteiger partial charge in [0, 0.05) is 10.9 Å². The lowest BCUT2D eigenvalue weighted by Gasteiger charge is -1.79. The molecule has 0 radical (unpaired) electrons. The average molecular weight is 183 g/mol. The van der Waals surface area contributed by atoms with E-state index in [4.69, 9.17) is 0 Å². The number of carbonyl (C=O) groups is 1. The zero-order chi connectivity index (χ0) is 8.97. The summed E-state index contributed by atoms with van der Waals surface area (Å²) in [6, 6.07) is 3.01. The Hall–Kier alpha value is -1.49. The number of hydrogen-bond acceptors (Lipinski definition) is 4. The Bertz CT molecular complexity index is 329. The van der Waals surface area contributed by atoms with Crippen molar-refractivity contribution in [3.8, 4) is 0 Å². The molecule has 1 rings (SSSR count). The van der Waals surface area contributed by atoms with Gasteiger partial charge in [0.1, 0.15) is 6.29 Å². The number of carbonyl (C=O) groups excluding carboxylic acids is 1. The van der Waals surface area contributed by atoms with Crippen LogP contribution in [0.4, 0.5) is 5.00 Å².